The van der Waals surface area contributed by atoms with Crippen molar-refractivity contribution in [1.29, 1.82) is 0 Å². The predicted octanol–water partition coefficient (Wildman–Crippen LogP) is 11.4. The number of carbonyl (C=O) groups is 1. The molecule has 10 heteroatoms. The largest absolute Gasteiger partial charge is 0.756 e. The molecule has 0 rings (SSSR count). The molecule has 0 fully saturated rings. The van der Waals surface area contributed by atoms with E-state index < -0.39 is 13.9 Å². The Balaban J connectivity index is 4.42. The second-order valence-electron chi connectivity index (χ2n) is 15.7. The number of phosphoric ester groups is 1. The van der Waals surface area contributed by atoms with Gasteiger partial charge in [-0.05, 0) is 103 Å². The summed E-state index contributed by atoms with van der Waals surface area (Å²) in [5, 5.41) is 9.27. The first-order valence-corrected chi connectivity index (χ1v) is 23.2. The number of phosphoric acid groups is 1. The summed E-state index contributed by atoms with van der Waals surface area (Å²) in [6.45, 7) is 4.15. The number of likely N-dealkylation sites (N-methyl/N-ethyl adjacent to an activating group) is 1. The van der Waals surface area contributed by atoms with Gasteiger partial charge in [-0.1, -0.05) is 113 Å². The van der Waals surface area contributed by atoms with E-state index in [1.807, 2.05) is 34.1 Å². The minimum absolute atomic E-state index is 0.00799. The number of rotatable bonds is 39. The van der Waals surface area contributed by atoms with E-state index >= 15 is 0 Å². The van der Waals surface area contributed by atoms with Crippen LogP contribution in [-0.4, -0.2) is 75.3 Å². The van der Waals surface area contributed by atoms with Gasteiger partial charge in [-0.3, -0.25) is 9.36 Å². The Bertz CT molecular complexity index is 1140. The summed E-state index contributed by atoms with van der Waals surface area (Å²) in [5.74, 6) is -0.362. The molecule has 0 amide bonds. The van der Waals surface area contributed by atoms with Crippen molar-refractivity contribution in [2.24, 2.45) is 0 Å². The fourth-order valence-corrected chi connectivity index (χ4v) is 6.09. The zero-order chi connectivity index (χ0) is 41.4. The van der Waals surface area contributed by atoms with Crippen molar-refractivity contribution in [3.8, 4) is 0 Å². The highest BCUT2D eigenvalue weighted by Crippen LogP contribution is 2.38. The van der Waals surface area contributed by atoms with Crippen LogP contribution in [0.2, 0.25) is 0 Å². The molecule has 0 heterocycles. The molecule has 0 spiro atoms. The van der Waals surface area contributed by atoms with Gasteiger partial charge in [0.1, 0.15) is 19.8 Å². The van der Waals surface area contributed by atoms with Crippen LogP contribution in [0.1, 0.15) is 155 Å². The van der Waals surface area contributed by atoms with Gasteiger partial charge in [0.2, 0.25) is 0 Å². The molecule has 0 saturated carbocycles. The van der Waals surface area contributed by atoms with Crippen LogP contribution in [-0.2, 0) is 27.9 Å². The number of hydrogen-bond donors (Lipinski definition) is 1. The lowest BCUT2D eigenvalue weighted by molar-refractivity contribution is -0.870. The number of hydrogen-bond acceptors (Lipinski definition) is 8. The molecule has 0 aromatic heterocycles. The summed E-state index contributed by atoms with van der Waals surface area (Å²) < 4.78 is 34.2. The Labute approximate surface area is 343 Å². The molecular formula is C46H82NO8P. The molecule has 0 radical (unpaired) electrons. The van der Waals surface area contributed by atoms with Crippen LogP contribution in [0.3, 0.4) is 0 Å². The van der Waals surface area contributed by atoms with Gasteiger partial charge < -0.3 is 33.0 Å². The summed E-state index contributed by atoms with van der Waals surface area (Å²) in [7, 11) is 1.30. The zero-order valence-electron chi connectivity index (χ0n) is 36.2. The van der Waals surface area contributed by atoms with Gasteiger partial charge >= 0.3 is 5.97 Å². The lowest BCUT2D eigenvalue weighted by atomic mass is 10.1. The zero-order valence-corrected chi connectivity index (χ0v) is 37.1. The van der Waals surface area contributed by atoms with Gasteiger partial charge in [-0.15, -0.1) is 0 Å². The second-order valence-corrected chi connectivity index (χ2v) is 17.1. The number of quaternary nitrogens is 1. The smallest absolute Gasteiger partial charge is 0.305 e. The topological polar surface area (TPSA) is 114 Å². The van der Waals surface area contributed by atoms with Crippen LogP contribution >= 0.6 is 7.82 Å². The van der Waals surface area contributed by atoms with E-state index in [4.69, 9.17) is 18.5 Å². The molecule has 56 heavy (non-hydrogen) atoms. The molecular weight excluding hydrogens is 725 g/mol. The molecule has 9 nitrogen and oxygen atoms in total. The van der Waals surface area contributed by atoms with Gasteiger partial charge in [-0.25, -0.2) is 0 Å². The average molecular weight is 808 g/mol. The van der Waals surface area contributed by atoms with Gasteiger partial charge in [0.15, 0.2) is 6.10 Å². The fourth-order valence-electron chi connectivity index (χ4n) is 5.36. The number of ether oxygens (including phenoxy) is 2. The molecule has 324 valence electrons. The molecule has 0 aliphatic rings. The number of aliphatic hydroxyl groups is 1. The van der Waals surface area contributed by atoms with Crippen LogP contribution in [0.4, 0.5) is 0 Å². The van der Waals surface area contributed by atoms with Crippen molar-refractivity contribution in [1.82, 2.24) is 0 Å². The van der Waals surface area contributed by atoms with E-state index in [9.17, 15) is 19.4 Å². The quantitative estimate of drug-likeness (QED) is 0.0163. The summed E-state index contributed by atoms with van der Waals surface area (Å²) in [6.07, 6.45) is 47.2. The van der Waals surface area contributed by atoms with Crippen molar-refractivity contribution in [2.75, 3.05) is 47.5 Å². The Hall–Kier alpha value is -2.26. The van der Waals surface area contributed by atoms with Crippen LogP contribution in [0.5, 0.6) is 0 Å². The van der Waals surface area contributed by atoms with Gasteiger partial charge in [0.05, 0.1) is 40.1 Å². The van der Waals surface area contributed by atoms with Crippen molar-refractivity contribution < 1.29 is 42.4 Å². The maximum atomic E-state index is 12.5. The van der Waals surface area contributed by atoms with Crippen LogP contribution < -0.4 is 4.89 Å². The Morgan fingerprint density at radius 2 is 1.14 bits per heavy atom. The lowest BCUT2D eigenvalue weighted by Gasteiger charge is -2.28. The third-order valence-corrected chi connectivity index (χ3v) is 9.80. The predicted molar refractivity (Wildman–Crippen MR) is 232 cm³/mol. The molecule has 1 unspecified atom stereocenters. The van der Waals surface area contributed by atoms with Gasteiger partial charge in [-0.2, -0.15) is 0 Å². The third kappa shape index (κ3) is 42.9. The first-order valence-electron chi connectivity index (χ1n) is 21.7. The minimum Gasteiger partial charge on any atom is -0.756 e. The van der Waals surface area contributed by atoms with Gasteiger partial charge in [0, 0.05) is 6.42 Å². The van der Waals surface area contributed by atoms with E-state index in [0.29, 0.717) is 17.4 Å². The van der Waals surface area contributed by atoms with E-state index in [2.05, 4.69) is 67.7 Å². The molecule has 1 N–H and O–H groups in total. The van der Waals surface area contributed by atoms with Crippen molar-refractivity contribution in [3.63, 3.8) is 0 Å². The maximum Gasteiger partial charge on any atom is 0.305 e. The Morgan fingerprint density at radius 1 is 0.661 bits per heavy atom. The number of unbranched alkanes of at least 4 members (excludes halogenated alkanes) is 13. The second kappa shape index (κ2) is 38.3. The molecule has 0 bridgehead atoms. The van der Waals surface area contributed by atoms with E-state index in [1.165, 1.54) is 57.8 Å². The van der Waals surface area contributed by atoms with Crippen molar-refractivity contribution >= 4 is 13.8 Å². The minimum atomic E-state index is -4.54. The van der Waals surface area contributed by atoms with Crippen molar-refractivity contribution in [3.05, 3.63) is 73.1 Å². The molecule has 0 aliphatic heterocycles. The monoisotopic (exact) mass is 808 g/mol. The summed E-state index contributed by atoms with van der Waals surface area (Å²) >= 11 is 0. The van der Waals surface area contributed by atoms with E-state index in [-0.39, 0.29) is 38.3 Å². The fraction of sp³-hybridized carbons (Fsp3) is 0.717. The standard InChI is InChI=1S/C46H82NO8P/c1-6-7-8-9-10-11-12-13-14-18-21-24-27-30-33-36-40-52-45(43-55-56(50,51)54-41-39-47(3,4)5)42-53-46(49)38-35-32-29-26-23-20-17-15-16-19-22-25-28-31-34-37-44(2)48/h13-14,16-17,19-20,25-26,28-29,36,40,44-45,48H,6-12,15,18,21-24,27,30-35,37-39,41-43H2,1-5H3/b14-13-,19-16-,20-17-,28-25-,29-26-,40-36+/t44-,45-/m1/s1. The van der Waals surface area contributed by atoms with Crippen molar-refractivity contribution in [2.45, 2.75) is 167 Å². The Kier molecular flexibility index (Phi) is 36.7. The number of esters is 1. The number of aliphatic hydroxyl groups excluding tert-OH is 1. The molecule has 3 atom stereocenters. The number of carbonyl (C=O) groups excluding carboxylic acids is 1. The SMILES string of the molecule is CCCCCCCC/C=C\CCCCCC/C=C/O[C@H](COC(=O)CCC/C=C\C/C=C\C/C=C\C/C=C\CCC[C@@H](C)O)COP(=O)([O-])OCC[N+](C)(C)C. The molecule has 0 saturated heterocycles. The maximum absolute atomic E-state index is 12.5. The highest BCUT2D eigenvalue weighted by atomic mass is 31.2. The highest BCUT2D eigenvalue weighted by Gasteiger charge is 2.19. The summed E-state index contributed by atoms with van der Waals surface area (Å²) in [5.41, 5.74) is 0. The summed E-state index contributed by atoms with van der Waals surface area (Å²) in [4.78, 5) is 24.8. The lowest BCUT2D eigenvalue weighted by Crippen LogP contribution is -2.37. The van der Waals surface area contributed by atoms with E-state index in [1.54, 1.807) is 6.26 Å². The Morgan fingerprint density at radius 3 is 1.70 bits per heavy atom. The van der Waals surface area contributed by atoms with Crippen LogP contribution in [0.25, 0.3) is 0 Å². The molecule has 0 aromatic rings. The first kappa shape index (κ1) is 53.7. The number of nitrogens with zero attached hydrogens (tertiary/aromatic N) is 1. The first-order chi connectivity index (χ1) is 26.9. The normalized spacial score (nSPS) is 15.0. The van der Waals surface area contributed by atoms with Crippen LogP contribution in [0.15, 0.2) is 73.1 Å². The van der Waals surface area contributed by atoms with Gasteiger partial charge in [0.25, 0.3) is 7.82 Å². The molecule has 0 aromatic carbocycles. The average Bonchev–Trinajstić information content (AvgIpc) is 3.14. The number of allylic oxidation sites excluding steroid dienone is 11. The third-order valence-electron chi connectivity index (χ3n) is 8.84. The van der Waals surface area contributed by atoms with E-state index in [0.717, 1.165) is 70.6 Å². The highest BCUT2D eigenvalue weighted by molar-refractivity contribution is 7.45. The van der Waals surface area contributed by atoms with Crippen LogP contribution in [0, 0.1) is 0 Å². The molecule has 0 aliphatic carbocycles. The summed E-state index contributed by atoms with van der Waals surface area (Å²) in [6, 6.07) is 0.